The monoisotopic (exact) mass is 199 g/mol. The zero-order valence-electron chi connectivity index (χ0n) is 7.53. The maximum atomic E-state index is 11.3. The highest BCUT2D eigenvalue weighted by Crippen LogP contribution is 2.17. The molecule has 0 amide bonds. The number of nitrogens with two attached hydrogens (primary N) is 1. The molecular formula is C9H13NO2S. The van der Waals surface area contributed by atoms with Gasteiger partial charge in [-0.25, -0.2) is 4.79 Å². The molecule has 0 aliphatic carbocycles. The first-order chi connectivity index (χ1) is 6.25. The third-order valence-electron chi connectivity index (χ3n) is 1.55. The Hall–Kier alpha value is -0.870. The number of carbonyl (C=O) groups is 1. The molecule has 0 spiro atoms. The van der Waals surface area contributed by atoms with Gasteiger partial charge < -0.3 is 10.5 Å². The third-order valence-corrected chi connectivity index (χ3v) is 2.51. The summed E-state index contributed by atoms with van der Waals surface area (Å²) >= 11 is 1.47. The van der Waals surface area contributed by atoms with E-state index in [1.165, 1.54) is 11.3 Å². The van der Waals surface area contributed by atoms with Crippen LogP contribution in [0.1, 0.15) is 24.3 Å². The summed E-state index contributed by atoms with van der Waals surface area (Å²) in [6, 6.07) is 3.08. The van der Waals surface area contributed by atoms with E-state index in [1.807, 2.05) is 24.4 Å². The van der Waals surface area contributed by atoms with Crippen molar-refractivity contribution in [2.75, 3.05) is 6.61 Å². The second-order valence-electron chi connectivity index (χ2n) is 2.66. The van der Waals surface area contributed by atoms with E-state index in [2.05, 4.69) is 0 Å². The summed E-state index contributed by atoms with van der Waals surface area (Å²) in [5.41, 5.74) is 5.66. The molecule has 1 aromatic rings. The maximum absolute atomic E-state index is 11.3. The summed E-state index contributed by atoms with van der Waals surface area (Å²) in [4.78, 5) is 12.1. The lowest BCUT2D eigenvalue weighted by atomic mass is 10.2. The third kappa shape index (κ3) is 2.82. The van der Waals surface area contributed by atoms with Crippen molar-refractivity contribution in [2.45, 2.75) is 19.4 Å². The predicted molar refractivity (Wildman–Crippen MR) is 52.5 cm³/mol. The summed E-state index contributed by atoms with van der Waals surface area (Å²) in [5.74, 6) is -0.343. The Kier molecular flexibility index (Phi) is 3.92. The summed E-state index contributed by atoms with van der Waals surface area (Å²) < 4.78 is 4.92. The number of rotatable bonds is 4. The Morgan fingerprint density at radius 3 is 3.08 bits per heavy atom. The summed E-state index contributed by atoms with van der Waals surface area (Å²) in [5, 5.41) is 1.89. The predicted octanol–water partition coefficient (Wildman–Crippen LogP) is 1.70. The van der Waals surface area contributed by atoms with Gasteiger partial charge in [-0.15, -0.1) is 11.3 Å². The van der Waals surface area contributed by atoms with Crippen molar-refractivity contribution in [1.82, 2.24) is 0 Å². The molecule has 0 radical (unpaired) electrons. The number of hydrogen-bond acceptors (Lipinski definition) is 4. The average molecular weight is 199 g/mol. The van der Waals surface area contributed by atoms with Crippen LogP contribution in [0, 0.1) is 0 Å². The molecular weight excluding hydrogens is 186 g/mol. The van der Waals surface area contributed by atoms with E-state index in [9.17, 15) is 4.79 Å². The molecule has 1 unspecified atom stereocenters. The Labute approximate surface area is 81.5 Å². The van der Waals surface area contributed by atoms with E-state index in [1.54, 1.807) is 0 Å². The average Bonchev–Trinajstić information content (AvgIpc) is 2.65. The van der Waals surface area contributed by atoms with Crippen molar-refractivity contribution in [3.63, 3.8) is 0 Å². The molecule has 0 aromatic carbocycles. The number of hydrogen-bond donors (Lipinski definition) is 1. The molecule has 2 N–H and O–H groups in total. The lowest BCUT2D eigenvalue weighted by Gasteiger charge is -2.08. The number of ether oxygens (including phenoxy) is 1. The van der Waals surface area contributed by atoms with Gasteiger partial charge in [-0.2, -0.15) is 0 Å². The number of esters is 1. The minimum atomic E-state index is -0.619. The highest BCUT2D eigenvalue weighted by molar-refractivity contribution is 7.10. The molecule has 0 aliphatic rings. The van der Waals surface area contributed by atoms with Crippen LogP contribution in [0.4, 0.5) is 0 Å². The summed E-state index contributed by atoms with van der Waals surface area (Å²) in [7, 11) is 0. The van der Waals surface area contributed by atoms with Crippen LogP contribution in [0.5, 0.6) is 0 Å². The molecule has 0 saturated heterocycles. The first-order valence-corrected chi connectivity index (χ1v) is 5.09. The molecule has 0 aliphatic heterocycles. The minimum absolute atomic E-state index is 0.343. The molecule has 72 valence electrons. The van der Waals surface area contributed by atoms with Crippen molar-refractivity contribution in [1.29, 1.82) is 0 Å². The van der Waals surface area contributed by atoms with Crippen LogP contribution in [-0.2, 0) is 9.53 Å². The molecule has 1 atom stereocenters. The fourth-order valence-electron chi connectivity index (χ4n) is 0.877. The zero-order chi connectivity index (χ0) is 9.68. The molecule has 1 heterocycles. The summed E-state index contributed by atoms with van der Waals surface area (Å²) in [6.45, 7) is 2.39. The van der Waals surface area contributed by atoms with Gasteiger partial charge in [-0.1, -0.05) is 13.0 Å². The van der Waals surface area contributed by atoms with Crippen LogP contribution < -0.4 is 5.73 Å². The summed E-state index contributed by atoms with van der Waals surface area (Å²) in [6.07, 6.45) is 0.822. The van der Waals surface area contributed by atoms with Crippen molar-refractivity contribution < 1.29 is 9.53 Å². The van der Waals surface area contributed by atoms with Crippen LogP contribution in [0.25, 0.3) is 0 Å². The zero-order valence-corrected chi connectivity index (χ0v) is 8.34. The largest absolute Gasteiger partial charge is 0.464 e. The maximum Gasteiger partial charge on any atom is 0.328 e. The topological polar surface area (TPSA) is 52.3 Å². The molecule has 0 saturated carbocycles. The van der Waals surface area contributed by atoms with E-state index in [-0.39, 0.29) is 5.97 Å². The van der Waals surface area contributed by atoms with Gasteiger partial charge in [-0.3, -0.25) is 0 Å². The molecule has 3 nitrogen and oxygen atoms in total. The van der Waals surface area contributed by atoms with Crippen LogP contribution in [0.3, 0.4) is 0 Å². The Morgan fingerprint density at radius 2 is 2.54 bits per heavy atom. The Morgan fingerprint density at radius 1 is 1.77 bits per heavy atom. The van der Waals surface area contributed by atoms with E-state index >= 15 is 0 Å². The van der Waals surface area contributed by atoms with Crippen LogP contribution in [0.15, 0.2) is 17.5 Å². The Balaban J connectivity index is 2.48. The second kappa shape index (κ2) is 4.99. The first-order valence-electron chi connectivity index (χ1n) is 4.21. The molecule has 0 fully saturated rings. The molecule has 13 heavy (non-hydrogen) atoms. The molecule has 1 aromatic heterocycles. The SMILES string of the molecule is CCCOC(=O)C(N)c1cccs1. The quantitative estimate of drug-likeness (QED) is 0.751. The van der Waals surface area contributed by atoms with Crippen LogP contribution >= 0.6 is 11.3 Å². The highest BCUT2D eigenvalue weighted by Gasteiger charge is 2.17. The standard InChI is InChI=1S/C9H13NO2S/c1-2-5-12-9(11)8(10)7-4-3-6-13-7/h3-4,6,8H,2,5,10H2,1H3. The lowest BCUT2D eigenvalue weighted by molar-refractivity contribution is -0.145. The van der Waals surface area contributed by atoms with Crippen LogP contribution in [0.2, 0.25) is 0 Å². The van der Waals surface area contributed by atoms with Crippen molar-refractivity contribution in [2.24, 2.45) is 5.73 Å². The van der Waals surface area contributed by atoms with E-state index in [0.29, 0.717) is 6.61 Å². The number of carbonyl (C=O) groups excluding carboxylic acids is 1. The highest BCUT2D eigenvalue weighted by atomic mass is 32.1. The fourth-order valence-corrected chi connectivity index (χ4v) is 1.59. The van der Waals surface area contributed by atoms with Crippen molar-refractivity contribution in [3.8, 4) is 0 Å². The fraction of sp³-hybridized carbons (Fsp3) is 0.444. The first kappa shape index (κ1) is 10.2. The number of thiophene rings is 1. The van der Waals surface area contributed by atoms with Crippen LogP contribution in [-0.4, -0.2) is 12.6 Å². The van der Waals surface area contributed by atoms with Gasteiger partial charge in [0.1, 0.15) is 6.04 Å². The van der Waals surface area contributed by atoms with Gasteiger partial charge in [0.15, 0.2) is 0 Å². The second-order valence-corrected chi connectivity index (χ2v) is 3.64. The minimum Gasteiger partial charge on any atom is -0.464 e. The van der Waals surface area contributed by atoms with Gasteiger partial charge in [0.05, 0.1) is 6.61 Å². The van der Waals surface area contributed by atoms with Crippen molar-refractivity contribution in [3.05, 3.63) is 22.4 Å². The Bertz CT molecular complexity index is 259. The van der Waals surface area contributed by atoms with Crippen molar-refractivity contribution >= 4 is 17.3 Å². The van der Waals surface area contributed by atoms with Gasteiger partial charge in [-0.05, 0) is 17.9 Å². The smallest absolute Gasteiger partial charge is 0.328 e. The van der Waals surface area contributed by atoms with E-state index in [0.717, 1.165) is 11.3 Å². The van der Waals surface area contributed by atoms with Gasteiger partial charge in [0, 0.05) is 4.88 Å². The van der Waals surface area contributed by atoms with E-state index < -0.39 is 6.04 Å². The molecule has 1 rings (SSSR count). The normalized spacial score (nSPS) is 12.5. The molecule has 0 bridgehead atoms. The van der Waals surface area contributed by atoms with Gasteiger partial charge in [0.25, 0.3) is 0 Å². The van der Waals surface area contributed by atoms with Gasteiger partial charge in [0.2, 0.25) is 0 Å². The van der Waals surface area contributed by atoms with Gasteiger partial charge >= 0.3 is 5.97 Å². The lowest BCUT2D eigenvalue weighted by Crippen LogP contribution is -2.23. The van der Waals surface area contributed by atoms with E-state index in [4.69, 9.17) is 10.5 Å². The molecule has 4 heteroatoms.